The molecule has 0 atom stereocenters. The topological polar surface area (TPSA) is 89.3 Å². The van der Waals surface area contributed by atoms with Crippen molar-refractivity contribution < 1.29 is 17.6 Å². The third-order valence-electron chi connectivity index (χ3n) is 3.39. The first-order chi connectivity index (χ1) is 10.6. The molecule has 0 bridgehead atoms. The van der Waals surface area contributed by atoms with Crippen LogP contribution >= 0.6 is 11.6 Å². The van der Waals surface area contributed by atoms with Crippen molar-refractivity contribution in [3.63, 3.8) is 0 Å². The highest BCUT2D eigenvalue weighted by molar-refractivity contribution is 7.89. The number of carbonyl (C=O) groups is 1. The SMILES string of the molecule is Cc1cc(S(N)(=O)=O)cc(NC(=O)c2ccc(F)cc2Cl)c1C. The molecule has 0 heterocycles. The van der Waals surface area contributed by atoms with E-state index in [0.29, 0.717) is 16.8 Å². The van der Waals surface area contributed by atoms with Crippen molar-refractivity contribution in [2.75, 3.05) is 5.32 Å². The zero-order valence-electron chi connectivity index (χ0n) is 12.4. The van der Waals surface area contributed by atoms with Crippen LogP contribution in [-0.2, 0) is 10.0 Å². The molecule has 0 saturated carbocycles. The van der Waals surface area contributed by atoms with Gasteiger partial charge in [0.15, 0.2) is 0 Å². The summed E-state index contributed by atoms with van der Waals surface area (Å²) in [5, 5.41) is 7.66. The van der Waals surface area contributed by atoms with Gasteiger partial charge in [0.05, 0.1) is 15.5 Å². The molecule has 0 spiro atoms. The van der Waals surface area contributed by atoms with Gasteiger partial charge in [-0.1, -0.05) is 11.6 Å². The molecule has 0 aliphatic carbocycles. The van der Waals surface area contributed by atoms with E-state index in [-0.39, 0.29) is 15.5 Å². The Hall–Kier alpha value is -1.96. The normalized spacial score (nSPS) is 11.3. The van der Waals surface area contributed by atoms with Gasteiger partial charge in [-0.25, -0.2) is 17.9 Å². The van der Waals surface area contributed by atoms with E-state index in [9.17, 15) is 17.6 Å². The highest BCUT2D eigenvalue weighted by Gasteiger charge is 2.16. The van der Waals surface area contributed by atoms with E-state index >= 15 is 0 Å². The van der Waals surface area contributed by atoms with E-state index in [2.05, 4.69) is 5.32 Å². The second kappa shape index (κ2) is 6.27. The second-order valence-corrected chi connectivity index (χ2v) is 7.00. The first-order valence-electron chi connectivity index (χ1n) is 6.50. The lowest BCUT2D eigenvalue weighted by molar-refractivity contribution is 0.102. The number of primary sulfonamides is 1. The number of hydrogen-bond donors (Lipinski definition) is 2. The standard InChI is InChI=1S/C15H14ClFN2O3S/c1-8-5-11(23(18,21)22)7-14(9(8)2)19-15(20)12-4-3-10(17)6-13(12)16/h3-7H,1-2H3,(H,19,20)(H2,18,21,22). The summed E-state index contributed by atoms with van der Waals surface area (Å²) in [6.45, 7) is 3.43. The summed E-state index contributed by atoms with van der Waals surface area (Å²) in [5.41, 5.74) is 1.70. The van der Waals surface area contributed by atoms with Crippen LogP contribution in [0.1, 0.15) is 21.5 Å². The lowest BCUT2D eigenvalue weighted by Gasteiger charge is -2.13. The molecule has 3 N–H and O–H groups in total. The number of sulfonamides is 1. The summed E-state index contributed by atoms with van der Waals surface area (Å²) in [4.78, 5) is 12.2. The highest BCUT2D eigenvalue weighted by atomic mass is 35.5. The molecule has 2 rings (SSSR count). The van der Waals surface area contributed by atoms with Crippen molar-refractivity contribution in [3.05, 3.63) is 57.9 Å². The van der Waals surface area contributed by atoms with Gasteiger partial charge in [0.2, 0.25) is 10.0 Å². The minimum Gasteiger partial charge on any atom is -0.322 e. The minimum atomic E-state index is -3.91. The summed E-state index contributed by atoms with van der Waals surface area (Å²) in [6.07, 6.45) is 0. The van der Waals surface area contributed by atoms with Gasteiger partial charge in [-0.05, 0) is 55.3 Å². The largest absolute Gasteiger partial charge is 0.322 e. The molecular weight excluding hydrogens is 343 g/mol. The van der Waals surface area contributed by atoms with Gasteiger partial charge in [0.1, 0.15) is 5.82 Å². The Balaban J connectivity index is 2.43. The predicted octanol–water partition coefficient (Wildman–Crippen LogP) is 3.00. The molecule has 0 fully saturated rings. The molecule has 0 aliphatic rings. The van der Waals surface area contributed by atoms with Crippen LogP contribution in [-0.4, -0.2) is 14.3 Å². The Kier molecular flexibility index (Phi) is 4.74. The third-order valence-corrected chi connectivity index (χ3v) is 4.60. The van der Waals surface area contributed by atoms with Crippen LogP contribution in [0, 0.1) is 19.7 Å². The predicted molar refractivity (Wildman–Crippen MR) is 86.7 cm³/mol. The van der Waals surface area contributed by atoms with Crippen LogP contribution in [0.5, 0.6) is 0 Å². The first-order valence-corrected chi connectivity index (χ1v) is 8.42. The van der Waals surface area contributed by atoms with Gasteiger partial charge in [0, 0.05) is 5.69 Å². The van der Waals surface area contributed by atoms with E-state index in [1.807, 2.05) is 0 Å². The van der Waals surface area contributed by atoms with Crippen LogP contribution < -0.4 is 10.5 Å². The molecule has 1 amide bonds. The third kappa shape index (κ3) is 3.87. The molecule has 0 unspecified atom stereocenters. The van der Waals surface area contributed by atoms with Crippen molar-refractivity contribution in [2.45, 2.75) is 18.7 Å². The lowest BCUT2D eigenvalue weighted by Crippen LogP contribution is -2.16. The maximum atomic E-state index is 13.0. The van der Waals surface area contributed by atoms with Crippen molar-refractivity contribution in [1.29, 1.82) is 0 Å². The molecule has 122 valence electrons. The van der Waals surface area contributed by atoms with Crippen molar-refractivity contribution >= 4 is 33.2 Å². The highest BCUT2D eigenvalue weighted by Crippen LogP contribution is 2.25. The fourth-order valence-corrected chi connectivity index (χ4v) is 2.86. The van der Waals surface area contributed by atoms with E-state index in [0.717, 1.165) is 12.1 Å². The number of hydrogen-bond acceptors (Lipinski definition) is 3. The molecule has 8 heteroatoms. The fraction of sp³-hybridized carbons (Fsp3) is 0.133. The molecule has 0 saturated heterocycles. The number of halogens is 2. The smallest absolute Gasteiger partial charge is 0.257 e. The number of aryl methyl sites for hydroxylation is 1. The molecule has 2 aromatic rings. The van der Waals surface area contributed by atoms with Crippen LogP contribution in [0.25, 0.3) is 0 Å². The van der Waals surface area contributed by atoms with Crippen molar-refractivity contribution in [3.8, 4) is 0 Å². The Bertz CT molecular complexity index is 898. The molecule has 2 aromatic carbocycles. The zero-order valence-corrected chi connectivity index (χ0v) is 13.9. The number of carbonyl (C=O) groups excluding carboxylic acids is 1. The first kappa shape index (κ1) is 17.4. The summed E-state index contributed by atoms with van der Waals surface area (Å²) in [5.74, 6) is -1.14. The van der Waals surface area contributed by atoms with Gasteiger partial charge in [-0.2, -0.15) is 0 Å². The molecule has 0 radical (unpaired) electrons. The van der Waals surface area contributed by atoms with Crippen LogP contribution in [0.15, 0.2) is 35.2 Å². The quantitative estimate of drug-likeness (QED) is 0.885. The molecule has 23 heavy (non-hydrogen) atoms. The molecule has 5 nitrogen and oxygen atoms in total. The number of nitrogens with two attached hydrogens (primary N) is 1. The maximum absolute atomic E-state index is 13.0. The average molecular weight is 357 g/mol. The number of rotatable bonds is 3. The zero-order chi connectivity index (χ0) is 17.4. The monoisotopic (exact) mass is 356 g/mol. The Morgan fingerprint density at radius 2 is 1.87 bits per heavy atom. The van der Waals surface area contributed by atoms with Crippen LogP contribution in [0.3, 0.4) is 0 Å². The Labute approximate surface area is 138 Å². The van der Waals surface area contributed by atoms with Gasteiger partial charge in [-0.3, -0.25) is 4.79 Å². The van der Waals surface area contributed by atoms with E-state index in [1.54, 1.807) is 13.8 Å². The number of nitrogens with one attached hydrogen (secondary N) is 1. The summed E-state index contributed by atoms with van der Waals surface area (Å²) < 4.78 is 36.0. The fourth-order valence-electron chi connectivity index (χ4n) is 1.98. The van der Waals surface area contributed by atoms with Crippen LogP contribution in [0.4, 0.5) is 10.1 Å². The van der Waals surface area contributed by atoms with E-state index in [4.69, 9.17) is 16.7 Å². The Morgan fingerprint density at radius 1 is 1.22 bits per heavy atom. The van der Waals surface area contributed by atoms with E-state index in [1.165, 1.54) is 18.2 Å². The Morgan fingerprint density at radius 3 is 2.43 bits per heavy atom. The molecule has 0 aliphatic heterocycles. The molecule has 0 aromatic heterocycles. The number of anilines is 1. The second-order valence-electron chi connectivity index (χ2n) is 5.04. The van der Waals surface area contributed by atoms with E-state index < -0.39 is 21.7 Å². The van der Waals surface area contributed by atoms with Crippen molar-refractivity contribution in [1.82, 2.24) is 0 Å². The van der Waals surface area contributed by atoms with Gasteiger partial charge in [0.25, 0.3) is 5.91 Å². The minimum absolute atomic E-state index is 0.0422. The number of benzene rings is 2. The molecular formula is C15H14ClFN2O3S. The van der Waals surface area contributed by atoms with Gasteiger partial charge >= 0.3 is 0 Å². The van der Waals surface area contributed by atoms with Crippen molar-refractivity contribution in [2.24, 2.45) is 5.14 Å². The van der Waals surface area contributed by atoms with Gasteiger partial charge in [-0.15, -0.1) is 0 Å². The summed E-state index contributed by atoms with van der Waals surface area (Å²) in [7, 11) is -3.91. The summed E-state index contributed by atoms with van der Waals surface area (Å²) in [6, 6.07) is 6.08. The lowest BCUT2D eigenvalue weighted by atomic mass is 10.1. The van der Waals surface area contributed by atoms with Gasteiger partial charge < -0.3 is 5.32 Å². The maximum Gasteiger partial charge on any atom is 0.257 e. The summed E-state index contributed by atoms with van der Waals surface area (Å²) >= 11 is 5.85. The van der Waals surface area contributed by atoms with Crippen LogP contribution in [0.2, 0.25) is 5.02 Å². The average Bonchev–Trinajstić information content (AvgIpc) is 2.42. The number of amides is 1.